The maximum atomic E-state index is 14.1. The van der Waals surface area contributed by atoms with E-state index in [1.165, 1.54) is 55.6 Å². The number of carbonyl (C=O) groups is 3. The number of methoxy groups -OCH3 is 1. The first-order chi connectivity index (χ1) is 19.2. The molecule has 0 fully saturated rings. The number of aliphatic hydroxyl groups is 1. The molecule has 0 spiro atoms. The zero-order valence-corrected chi connectivity index (χ0v) is 21.9. The number of hydrogen-bond donors (Lipinski definition) is 4. The zero-order chi connectivity index (χ0) is 28.8. The van der Waals surface area contributed by atoms with Crippen LogP contribution in [0.2, 0.25) is 5.02 Å². The maximum Gasteiger partial charge on any atom is 0.336 e. The van der Waals surface area contributed by atoms with Crippen molar-refractivity contribution in [2.24, 2.45) is 0 Å². The monoisotopic (exact) mass is 562 g/mol. The molecule has 0 unspecified atom stereocenters. The number of benzene rings is 4. The van der Waals surface area contributed by atoms with E-state index in [1.807, 2.05) is 0 Å². The van der Waals surface area contributed by atoms with Gasteiger partial charge in [0.2, 0.25) is 0 Å². The van der Waals surface area contributed by atoms with E-state index in [1.54, 1.807) is 30.3 Å². The Morgan fingerprint density at radius 2 is 1.65 bits per heavy atom. The van der Waals surface area contributed by atoms with Crippen LogP contribution in [0.1, 0.15) is 42.7 Å². The van der Waals surface area contributed by atoms with Crippen molar-refractivity contribution < 1.29 is 33.7 Å². The number of carbonyl (C=O) groups excluding carboxylic acids is 2. The molecule has 0 saturated carbocycles. The molecule has 4 rings (SSSR count). The predicted octanol–water partition coefficient (Wildman–Crippen LogP) is 5.57. The number of aliphatic hydroxyl groups excluding tert-OH is 1. The standard InChI is InChI=1S/C30H24ClFN2O6/c1-40-27-12-9-20(15-25(27)32)33-29(37)22-11-8-19(31)14-23(22)21-10-7-18(13-24(21)30(38)39)28(36)34-26(16-35)17-5-3-2-4-6-17/h2-15,26,35H,16H2,1H3,(H,33,37)(H,34,36)(H,38,39)/t26-/m1/s1. The van der Waals surface area contributed by atoms with E-state index >= 15 is 0 Å². The van der Waals surface area contributed by atoms with Crippen molar-refractivity contribution in [2.45, 2.75) is 6.04 Å². The van der Waals surface area contributed by atoms with E-state index in [2.05, 4.69) is 10.6 Å². The van der Waals surface area contributed by atoms with E-state index in [0.717, 1.165) is 6.07 Å². The molecule has 0 aromatic heterocycles. The maximum absolute atomic E-state index is 14.1. The molecule has 8 nitrogen and oxygen atoms in total. The molecular formula is C30H24ClFN2O6. The Kier molecular flexibility index (Phi) is 8.78. The molecule has 2 amide bonds. The van der Waals surface area contributed by atoms with Crippen molar-refractivity contribution in [3.8, 4) is 16.9 Å². The van der Waals surface area contributed by atoms with Gasteiger partial charge in [-0.2, -0.15) is 0 Å². The summed E-state index contributed by atoms with van der Waals surface area (Å²) < 4.78 is 19.0. The van der Waals surface area contributed by atoms with Gasteiger partial charge in [0.05, 0.1) is 25.3 Å². The van der Waals surface area contributed by atoms with Crippen LogP contribution in [0.5, 0.6) is 5.75 Å². The van der Waals surface area contributed by atoms with Crippen LogP contribution >= 0.6 is 11.6 Å². The minimum Gasteiger partial charge on any atom is -0.494 e. The summed E-state index contributed by atoms with van der Waals surface area (Å²) in [4.78, 5) is 38.4. The minimum absolute atomic E-state index is 0.00878. The average Bonchev–Trinajstić information content (AvgIpc) is 2.95. The Balaban J connectivity index is 1.68. The molecule has 204 valence electrons. The summed E-state index contributed by atoms with van der Waals surface area (Å²) in [5, 5.41) is 25.3. The van der Waals surface area contributed by atoms with Gasteiger partial charge in [0.25, 0.3) is 11.8 Å². The Hall–Kier alpha value is -4.73. The smallest absolute Gasteiger partial charge is 0.336 e. The van der Waals surface area contributed by atoms with Gasteiger partial charge in [0.15, 0.2) is 11.6 Å². The number of aromatic carboxylic acids is 1. The molecule has 1 atom stereocenters. The van der Waals surface area contributed by atoms with Gasteiger partial charge < -0.3 is 25.6 Å². The third kappa shape index (κ3) is 6.28. The summed E-state index contributed by atoms with van der Waals surface area (Å²) in [7, 11) is 1.32. The number of anilines is 1. The first-order valence-corrected chi connectivity index (χ1v) is 12.4. The fourth-order valence-corrected chi connectivity index (χ4v) is 4.31. The van der Waals surface area contributed by atoms with Gasteiger partial charge in [0.1, 0.15) is 0 Å². The summed E-state index contributed by atoms with van der Waals surface area (Å²) in [5.74, 6) is -3.23. The van der Waals surface area contributed by atoms with Crippen LogP contribution in [0, 0.1) is 5.82 Å². The van der Waals surface area contributed by atoms with Crippen molar-refractivity contribution >= 4 is 35.1 Å². The highest BCUT2D eigenvalue weighted by molar-refractivity contribution is 6.31. The van der Waals surface area contributed by atoms with Crippen LogP contribution < -0.4 is 15.4 Å². The van der Waals surface area contributed by atoms with Crippen LogP contribution in [0.3, 0.4) is 0 Å². The predicted molar refractivity (Wildman–Crippen MR) is 148 cm³/mol. The highest BCUT2D eigenvalue weighted by atomic mass is 35.5. The number of carboxylic acid groups (broad SMARTS) is 1. The number of hydrogen-bond acceptors (Lipinski definition) is 5. The van der Waals surface area contributed by atoms with Gasteiger partial charge in [-0.15, -0.1) is 0 Å². The van der Waals surface area contributed by atoms with Gasteiger partial charge >= 0.3 is 5.97 Å². The topological polar surface area (TPSA) is 125 Å². The van der Waals surface area contributed by atoms with Gasteiger partial charge in [0, 0.05) is 27.9 Å². The Morgan fingerprint density at radius 3 is 2.30 bits per heavy atom. The molecule has 40 heavy (non-hydrogen) atoms. The third-order valence-corrected chi connectivity index (χ3v) is 6.36. The first-order valence-electron chi connectivity index (χ1n) is 12.0. The third-order valence-electron chi connectivity index (χ3n) is 6.13. The molecular weight excluding hydrogens is 539 g/mol. The van der Waals surface area contributed by atoms with Crippen LogP contribution in [-0.4, -0.2) is 41.7 Å². The lowest BCUT2D eigenvalue weighted by molar-refractivity contribution is 0.0697. The molecule has 0 radical (unpaired) electrons. The van der Waals surface area contributed by atoms with Crippen LogP contribution in [0.15, 0.2) is 84.9 Å². The molecule has 4 aromatic carbocycles. The number of ether oxygens (including phenoxy) is 1. The van der Waals surface area contributed by atoms with Crippen molar-refractivity contribution in [1.29, 1.82) is 0 Å². The van der Waals surface area contributed by atoms with Gasteiger partial charge in [-0.05, 0) is 59.2 Å². The summed E-state index contributed by atoms with van der Waals surface area (Å²) in [6.45, 7) is -0.362. The summed E-state index contributed by atoms with van der Waals surface area (Å²) in [5.41, 5.74) is 1.04. The van der Waals surface area contributed by atoms with Crippen molar-refractivity contribution in [2.75, 3.05) is 19.0 Å². The lowest BCUT2D eigenvalue weighted by atomic mass is 9.93. The van der Waals surface area contributed by atoms with Crippen LogP contribution in [-0.2, 0) is 0 Å². The number of carboxylic acids is 1. The molecule has 4 N–H and O–H groups in total. The first kappa shape index (κ1) is 28.3. The molecule has 4 aromatic rings. The SMILES string of the molecule is COc1ccc(NC(=O)c2ccc(Cl)cc2-c2ccc(C(=O)N[C@H](CO)c3ccccc3)cc2C(=O)O)cc1F. The average molecular weight is 563 g/mol. The van der Waals surface area contributed by atoms with Crippen LogP contribution in [0.4, 0.5) is 10.1 Å². The molecule has 0 saturated heterocycles. The van der Waals surface area contributed by atoms with Crippen molar-refractivity contribution in [3.05, 3.63) is 118 Å². The summed E-state index contributed by atoms with van der Waals surface area (Å²) in [6.07, 6.45) is 0. The second kappa shape index (κ2) is 12.4. The van der Waals surface area contributed by atoms with E-state index in [0.29, 0.717) is 5.56 Å². The van der Waals surface area contributed by atoms with E-state index < -0.39 is 29.6 Å². The quantitative estimate of drug-likeness (QED) is 0.211. The highest BCUT2D eigenvalue weighted by Gasteiger charge is 2.22. The van der Waals surface area contributed by atoms with Crippen LogP contribution in [0.25, 0.3) is 11.1 Å². The number of amides is 2. The fraction of sp³-hybridized carbons (Fsp3) is 0.100. The molecule has 0 aliphatic heterocycles. The Labute approximate surface area is 234 Å². The van der Waals surface area contributed by atoms with Gasteiger partial charge in [-0.3, -0.25) is 9.59 Å². The Bertz CT molecular complexity index is 1580. The molecule has 0 aliphatic carbocycles. The lowest BCUT2D eigenvalue weighted by Crippen LogP contribution is -2.31. The second-order valence-electron chi connectivity index (χ2n) is 8.68. The van der Waals surface area contributed by atoms with Gasteiger partial charge in [-0.1, -0.05) is 48.0 Å². The van der Waals surface area contributed by atoms with E-state index in [4.69, 9.17) is 16.3 Å². The largest absolute Gasteiger partial charge is 0.494 e. The van der Waals surface area contributed by atoms with Gasteiger partial charge in [-0.25, -0.2) is 9.18 Å². The molecule has 0 aliphatic rings. The highest BCUT2D eigenvalue weighted by Crippen LogP contribution is 2.32. The lowest BCUT2D eigenvalue weighted by Gasteiger charge is -2.18. The molecule has 0 heterocycles. The summed E-state index contributed by atoms with van der Waals surface area (Å²) in [6, 6.07) is 20.4. The normalized spacial score (nSPS) is 11.4. The zero-order valence-electron chi connectivity index (χ0n) is 21.2. The summed E-state index contributed by atoms with van der Waals surface area (Å²) >= 11 is 6.20. The second-order valence-corrected chi connectivity index (χ2v) is 9.11. The van der Waals surface area contributed by atoms with E-state index in [9.17, 15) is 29.0 Å². The Morgan fingerprint density at radius 1 is 0.900 bits per heavy atom. The minimum atomic E-state index is -1.34. The van der Waals surface area contributed by atoms with Crippen molar-refractivity contribution in [3.63, 3.8) is 0 Å². The van der Waals surface area contributed by atoms with E-state index in [-0.39, 0.29) is 50.9 Å². The number of nitrogens with one attached hydrogen (secondary N) is 2. The number of rotatable bonds is 9. The fourth-order valence-electron chi connectivity index (χ4n) is 4.14. The van der Waals surface area contributed by atoms with Crippen molar-refractivity contribution in [1.82, 2.24) is 5.32 Å². The molecule has 0 bridgehead atoms. The molecule has 10 heteroatoms. The number of halogens is 2.